The lowest BCUT2D eigenvalue weighted by Gasteiger charge is -2.27. The van der Waals surface area contributed by atoms with Crippen LogP contribution in [0, 0.1) is 0 Å². The third kappa shape index (κ3) is 6.05. The molecule has 0 saturated carbocycles. The summed E-state index contributed by atoms with van der Waals surface area (Å²) in [4.78, 5) is 2.40. The van der Waals surface area contributed by atoms with E-state index in [9.17, 15) is 0 Å². The van der Waals surface area contributed by atoms with Crippen LogP contribution in [0.3, 0.4) is 0 Å². The lowest BCUT2D eigenvalue weighted by Crippen LogP contribution is -2.41. The van der Waals surface area contributed by atoms with Crippen molar-refractivity contribution in [3.8, 4) is 0 Å². The van der Waals surface area contributed by atoms with Crippen molar-refractivity contribution in [3.63, 3.8) is 0 Å². The molecule has 0 aliphatic carbocycles. The van der Waals surface area contributed by atoms with Gasteiger partial charge in [-0.25, -0.2) is 0 Å². The van der Waals surface area contributed by atoms with Crippen molar-refractivity contribution in [1.82, 2.24) is 10.2 Å². The van der Waals surface area contributed by atoms with E-state index in [-0.39, 0.29) is 0 Å². The fourth-order valence-corrected chi connectivity index (χ4v) is 1.24. The number of hydrogen-bond donors (Lipinski definition) is 1. The summed E-state index contributed by atoms with van der Waals surface area (Å²) in [7, 11) is 2.20. The molecule has 0 aromatic heterocycles. The molecule has 2 nitrogen and oxygen atoms in total. The Balaban J connectivity index is 3.69. The van der Waals surface area contributed by atoms with E-state index in [1.54, 1.807) is 0 Å². The highest BCUT2D eigenvalue weighted by molar-refractivity contribution is 4.70. The quantitative estimate of drug-likeness (QED) is 0.655. The molecule has 0 rings (SSSR count). The first-order valence-corrected chi connectivity index (χ1v) is 5.55. The molecule has 0 aromatic rings. The molecule has 1 atom stereocenters. The van der Waals surface area contributed by atoms with Gasteiger partial charge in [0.25, 0.3) is 0 Å². The topological polar surface area (TPSA) is 15.3 Å². The maximum atomic E-state index is 3.56. The zero-order valence-corrected chi connectivity index (χ0v) is 9.93. The lowest BCUT2D eigenvalue weighted by molar-refractivity contribution is 0.238. The van der Waals surface area contributed by atoms with Gasteiger partial charge in [-0.1, -0.05) is 13.8 Å². The molecular weight excluding hydrogens is 160 g/mol. The molecule has 0 fully saturated rings. The second-order valence-corrected chi connectivity index (χ2v) is 4.09. The van der Waals surface area contributed by atoms with Crippen molar-refractivity contribution in [3.05, 3.63) is 0 Å². The van der Waals surface area contributed by atoms with Gasteiger partial charge in [-0.2, -0.15) is 0 Å². The van der Waals surface area contributed by atoms with Crippen molar-refractivity contribution in [2.24, 2.45) is 0 Å². The second-order valence-electron chi connectivity index (χ2n) is 4.09. The van der Waals surface area contributed by atoms with E-state index in [1.165, 1.54) is 12.8 Å². The van der Waals surface area contributed by atoms with Crippen LogP contribution in [0.1, 0.15) is 40.5 Å². The second kappa shape index (κ2) is 7.34. The van der Waals surface area contributed by atoms with Crippen molar-refractivity contribution in [2.45, 2.75) is 52.6 Å². The molecular formula is C11H26N2. The van der Waals surface area contributed by atoms with Crippen molar-refractivity contribution >= 4 is 0 Å². The van der Waals surface area contributed by atoms with E-state index in [1.807, 2.05) is 0 Å². The molecule has 0 aliphatic heterocycles. The maximum Gasteiger partial charge on any atom is 0.0192 e. The Labute approximate surface area is 83.7 Å². The van der Waals surface area contributed by atoms with Crippen LogP contribution in [0.25, 0.3) is 0 Å². The van der Waals surface area contributed by atoms with E-state index in [0.29, 0.717) is 12.1 Å². The van der Waals surface area contributed by atoms with Gasteiger partial charge in [-0.05, 0) is 40.3 Å². The molecule has 0 aliphatic rings. The molecule has 13 heavy (non-hydrogen) atoms. The highest BCUT2D eigenvalue weighted by Crippen LogP contribution is 1.99. The van der Waals surface area contributed by atoms with Gasteiger partial charge in [0.2, 0.25) is 0 Å². The number of hydrogen-bond acceptors (Lipinski definition) is 2. The standard InChI is InChI=1S/C11H26N2/c1-6-8-12-11(7-2)9-13(5)10(3)4/h10-12H,6-9H2,1-5H3. The predicted octanol–water partition coefficient (Wildman–Crippen LogP) is 2.10. The van der Waals surface area contributed by atoms with E-state index in [4.69, 9.17) is 0 Å². The summed E-state index contributed by atoms with van der Waals surface area (Å²) in [5.41, 5.74) is 0. The molecule has 1 unspecified atom stereocenters. The smallest absolute Gasteiger partial charge is 0.0192 e. The summed E-state index contributed by atoms with van der Waals surface area (Å²) >= 11 is 0. The van der Waals surface area contributed by atoms with Crippen LogP contribution in [-0.2, 0) is 0 Å². The van der Waals surface area contributed by atoms with Crippen LogP contribution < -0.4 is 5.32 Å². The Kier molecular flexibility index (Phi) is 7.29. The summed E-state index contributed by atoms with van der Waals surface area (Å²) in [6.45, 7) is 11.3. The van der Waals surface area contributed by atoms with Gasteiger partial charge in [-0.15, -0.1) is 0 Å². The first-order valence-electron chi connectivity index (χ1n) is 5.55. The third-order valence-corrected chi connectivity index (χ3v) is 2.57. The summed E-state index contributed by atoms with van der Waals surface area (Å²) < 4.78 is 0. The summed E-state index contributed by atoms with van der Waals surface area (Å²) in [5, 5.41) is 3.56. The molecule has 80 valence electrons. The van der Waals surface area contributed by atoms with Crippen LogP contribution in [0.15, 0.2) is 0 Å². The number of nitrogens with zero attached hydrogens (tertiary/aromatic N) is 1. The Morgan fingerprint density at radius 1 is 1.23 bits per heavy atom. The molecule has 0 bridgehead atoms. The van der Waals surface area contributed by atoms with E-state index >= 15 is 0 Å². The van der Waals surface area contributed by atoms with E-state index in [2.05, 4.69) is 45.0 Å². The summed E-state index contributed by atoms with van der Waals surface area (Å²) in [6.07, 6.45) is 2.44. The fraction of sp³-hybridized carbons (Fsp3) is 1.00. The van der Waals surface area contributed by atoms with Crippen LogP contribution in [0.4, 0.5) is 0 Å². The lowest BCUT2D eigenvalue weighted by atomic mass is 10.2. The van der Waals surface area contributed by atoms with Crippen molar-refractivity contribution < 1.29 is 0 Å². The van der Waals surface area contributed by atoms with E-state index in [0.717, 1.165) is 13.1 Å². The SMILES string of the molecule is CCCNC(CC)CN(C)C(C)C. The van der Waals surface area contributed by atoms with Gasteiger partial charge in [0.15, 0.2) is 0 Å². The molecule has 0 heterocycles. The van der Waals surface area contributed by atoms with E-state index < -0.39 is 0 Å². The molecule has 2 heteroatoms. The monoisotopic (exact) mass is 186 g/mol. The van der Waals surface area contributed by atoms with Gasteiger partial charge in [-0.3, -0.25) is 0 Å². The Morgan fingerprint density at radius 3 is 2.23 bits per heavy atom. The highest BCUT2D eigenvalue weighted by Gasteiger charge is 2.10. The first kappa shape index (κ1) is 12.9. The van der Waals surface area contributed by atoms with Crippen LogP contribution in [0.2, 0.25) is 0 Å². The highest BCUT2D eigenvalue weighted by atomic mass is 15.1. The molecule has 0 aromatic carbocycles. The fourth-order valence-electron chi connectivity index (χ4n) is 1.24. The minimum Gasteiger partial charge on any atom is -0.313 e. The molecule has 0 saturated heterocycles. The number of rotatable bonds is 7. The predicted molar refractivity (Wildman–Crippen MR) is 60.1 cm³/mol. The minimum absolute atomic E-state index is 0.650. The van der Waals surface area contributed by atoms with Crippen LogP contribution in [0.5, 0.6) is 0 Å². The summed E-state index contributed by atoms with van der Waals surface area (Å²) in [6, 6.07) is 1.31. The first-order chi connectivity index (χ1) is 6.11. The Hall–Kier alpha value is -0.0800. The van der Waals surface area contributed by atoms with Gasteiger partial charge < -0.3 is 10.2 Å². The maximum absolute atomic E-state index is 3.56. The van der Waals surface area contributed by atoms with Gasteiger partial charge >= 0.3 is 0 Å². The van der Waals surface area contributed by atoms with Crippen LogP contribution >= 0.6 is 0 Å². The Morgan fingerprint density at radius 2 is 1.85 bits per heavy atom. The van der Waals surface area contributed by atoms with Crippen molar-refractivity contribution in [1.29, 1.82) is 0 Å². The number of likely N-dealkylation sites (N-methyl/N-ethyl adjacent to an activating group) is 1. The minimum atomic E-state index is 0.650. The number of nitrogens with one attached hydrogen (secondary N) is 1. The van der Waals surface area contributed by atoms with Crippen LogP contribution in [-0.4, -0.2) is 37.1 Å². The van der Waals surface area contributed by atoms with Crippen molar-refractivity contribution in [2.75, 3.05) is 20.1 Å². The van der Waals surface area contributed by atoms with Gasteiger partial charge in [0, 0.05) is 18.6 Å². The largest absolute Gasteiger partial charge is 0.313 e. The molecule has 0 amide bonds. The average molecular weight is 186 g/mol. The molecule has 1 N–H and O–H groups in total. The normalized spacial score (nSPS) is 14.1. The molecule has 0 spiro atoms. The zero-order chi connectivity index (χ0) is 10.3. The molecule has 0 radical (unpaired) electrons. The third-order valence-electron chi connectivity index (χ3n) is 2.57. The Bertz CT molecular complexity index is 113. The summed E-state index contributed by atoms with van der Waals surface area (Å²) in [5.74, 6) is 0. The van der Waals surface area contributed by atoms with Gasteiger partial charge in [0.1, 0.15) is 0 Å². The zero-order valence-electron chi connectivity index (χ0n) is 9.93. The van der Waals surface area contributed by atoms with Gasteiger partial charge in [0.05, 0.1) is 0 Å². The average Bonchev–Trinajstić information content (AvgIpc) is 2.11.